The number of thiazole rings is 1. The minimum atomic E-state index is -3.51. The first-order valence-corrected chi connectivity index (χ1v) is 12.9. The van der Waals surface area contributed by atoms with Gasteiger partial charge in [0.2, 0.25) is 5.91 Å². The van der Waals surface area contributed by atoms with Crippen LogP contribution in [-0.4, -0.2) is 44.3 Å². The van der Waals surface area contributed by atoms with E-state index in [2.05, 4.69) is 4.98 Å². The molecule has 10 heteroatoms. The van der Waals surface area contributed by atoms with Crippen LogP contribution < -0.4 is 4.90 Å². The van der Waals surface area contributed by atoms with Crippen molar-refractivity contribution in [1.29, 1.82) is 0 Å². The Morgan fingerprint density at radius 3 is 2.72 bits per heavy atom. The van der Waals surface area contributed by atoms with Gasteiger partial charge in [-0.15, -0.1) is 0 Å². The van der Waals surface area contributed by atoms with Crippen LogP contribution in [-0.2, 0) is 25.1 Å². The van der Waals surface area contributed by atoms with E-state index in [1.807, 2.05) is 0 Å². The third-order valence-electron chi connectivity index (χ3n) is 5.20. The summed E-state index contributed by atoms with van der Waals surface area (Å²) in [5.74, 6) is -2.46. The average molecular weight is 481 g/mol. The predicted octanol–water partition coefficient (Wildman–Crippen LogP) is 4.09. The number of fused-ring (bicyclic) bond motifs is 1. The van der Waals surface area contributed by atoms with Gasteiger partial charge in [-0.3, -0.25) is 9.69 Å². The number of sulfone groups is 1. The molecule has 3 aromatic rings. The number of benzene rings is 2. The summed E-state index contributed by atoms with van der Waals surface area (Å²) < 4.78 is 58.7. The Labute approximate surface area is 188 Å². The Balaban J connectivity index is 1.53. The summed E-state index contributed by atoms with van der Waals surface area (Å²) in [5.41, 5.74) is 0.632. The highest BCUT2D eigenvalue weighted by Crippen LogP contribution is 2.32. The summed E-state index contributed by atoms with van der Waals surface area (Å²) in [6.07, 6.45) is 1.16. The number of ether oxygens (including phenoxy) is 1. The molecule has 1 aromatic heterocycles. The van der Waals surface area contributed by atoms with E-state index in [9.17, 15) is 22.0 Å². The zero-order chi connectivity index (χ0) is 22.7. The largest absolute Gasteiger partial charge is 0.376 e. The zero-order valence-electron chi connectivity index (χ0n) is 17.2. The van der Waals surface area contributed by atoms with Crippen LogP contribution >= 0.6 is 11.3 Å². The molecule has 170 valence electrons. The molecule has 0 saturated carbocycles. The molecule has 1 unspecified atom stereocenters. The highest BCUT2D eigenvalue weighted by molar-refractivity contribution is 7.90. The third kappa shape index (κ3) is 5.48. The van der Waals surface area contributed by atoms with Crippen molar-refractivity contribution in [3.05, 3.63) is 59.7 Å². The lowest BCUT2D eigenvalue weighted by Crippen LogP contribution is -2.38. The van der Waals surface area contributed by atoms with Crippen LogP contribution in [0.2, 0.25) is 0 Å². The van der Waals surface area contributed by atoms with Crippen molar-refractivity contribution in [3.8, 4) is 0 Å². The number of hydrogen-bond donors (Lipinski definition) is 0. The van der Waals surface area contributed by atoms with Crippen molar-refractivity contribution in [3.63, 3.8) is 0 Å². The molecule has 1 fully saturated rings. The lowest BCUT2D eigenvalue weighted by molar-refractivity contribution is -0.118. The fourth-order valence-electron chi connectivity index (χ4n) is 3.62. The number of amides is 1. The number of nitrogens with zero attached hydrogens (tertiary/aromatic N) is 2. The molecule has 1 aliphatic rings. The summed E-state index contributed by atoms with van der Waals surface area (Å²) in [6, 6.07) is 10.7. The molecule has 32 heavy (non-hydrogen) atoms. The SMILES string of the molecule is O=C(CCS(=O)(=O)Cc1ccccc1)N(CC1CCCO1)c1nc2c(F)cc(F)cc2s1. The Bertz CT molecular complexity index is 1210. The number of anilines is 1. The highest BCUT2D eigenvalue weighted by Gasteiger charge is 2.28. The summed E-state index contributed by atoms with van der Waals surface area (Å²) >= 11 is 0.990. The van der Waals surface area contributed by atoms with E-state index >= 15 is 0 Å². The van der Waals surface area contributed by atoms with Gasteiger partial charge in [0.15, 0.2) is 20.8 Å². The number of carbonyl (C=O) groups is 1. The van der Waals surface area contributed by atoms with Crippen molar-refractivity contribution in [2.75, 3.05) is 23.8 Å². The Morgan fingerprint density at radius 2 is 2.00 bits per heavy atom. The van der Waals surface area contributed by atoms with E-state index in [0.717, 1.165) is 30.2 Å². The molecule has 1 amide bonds. The number of hydrogen-bond acceptors (Lipinski definition) is 6. The first-order valence-electron chi connectivity index (χ1n) is 10.2. The van der Waals surface area contributed by atoms with Crippen molar-refractivity contribution in [2.24, 2.45) is 0 Å². The number of halogens is 2. The molecule has 0 N–H and O–H groups in total. The van der Waals surface area contributed by atoms with Gasteiger partial charge in [0.25, 0.3) is 0 Å². The summed E-state index contributed by atoms with van der Waals surface area (Å²) in [6.45, 7) is 0.763. The van der Waals surface area contributed by atoms with Gasteiger partial charge in [0.1, 0.15) is 11.3 Å². The Kier molecular flexibility index (Phi) is 6.82. The van der Waals surface area contributed by atoms with Crippen LogP contribution in [0.15, 0.2) is 42.5 Å². The second kappa shape index (κ2) is 9.60. The smallest absolute Gasteiger partial charge is 0.229 e. The second-order valence-corrected chi connectivity index (χ2v) is 10.9. The van der Waals surface area contributed by atoms with Crippen molar-refractivity contribution >= 4 is 42.4 Å². The maximum Gasteiger partial charge on any atom is 0.229 e. The first kappa shape index (κ1) is 22.8. The average Bonchev–Trinajstić information content (AvgIpc) is 3.40. The lowest BCUT2D eigenvalue weighted by Gasteiger charge is -2.23. The standard InChI is InChI=1S/C22H22F2N2O4S2/c23-16-11-18(24)21-19(12-16)31-22(25-21)26(13-17-7-4-9-30-17)20(27)8-10-32(28,29)14-15-5-2-1-3-6-15/h1-3,5-6,11-12,17H,4,7-10,13-14H2. The Hall–Kier alpha value is -2.43. The van der Waals surface area contributed by atoms with E-state index in [0.29, 0.717) is 12.2 Å². The molecule has 0 spiro atoms. The lowest BCUT2D eigenvalue weighted by atomic mass is 10.2. The first-order chi connectivity index (χ1) is 15.3. The topological polar surface area (TPSA) is 76.6 Å². The van der Waals surface area contributed by atoms with Crippen molar-refractivity contribution in [2.45, 2.75) is 31.1 Å². The van der Waals surface area contributed by atoms with E-state index in [-0.39, 0.29) is 45.9 Å². The molecular formula is C22H22F2N2O4S2. The third-order valence-corrected chi connectivity index (χ3v) is 7.83. The summed E-state index contributed by atoms with van der Waals surface area (Å²) in [7, 11) is -3.51. The molecule has 6 nitrogen and oxygen atoms in total. The van der Waals surface area contributed by atoms with Crippen molar-refractivity contribution < 1.29 is 26.7 Å². The quantitative estimate of drug-likeness (QED) is 0.485. The fourth-order valence-corrected chi connectivity index (χ4v) is 5.98. The van der Waals surface area contributed by atoms with Crippen LogP contribution in [0.3, 0.4) is 0 Å². The summed E-state index contributed by atoms with van der Waals surface area (Å²) in [5, 5.41) is 0.199. The predicted molar refractivity (Wildman–Crippen MR) is 119 cm³/mol. The maximum atomic E-state index is 14.1. The second-order valence-electron chi connectivity index (χ2n) is 7.70. The summed E-state index contributed by atoms with van der Waals surface area (Å²) in [4.78, 5) is 18.6. The van der Waals surface area contributed by atoms with Crippen LogP contribution in [0.1, 0.15) is 24.8 Å². The van der Waals surface area contributed by atoms with Gasteiger partial charge in [-0.05, 0) is 24.5 Å². The van der Waals surface area contributed by atoms with E-state index in [1.54, 1.807) is 30.3 Å². The van der Waals surface area contributed by atoms with E-state index in [1.165, 1.54) is 11.0 Å². The van der Waals surface area contributed by atoms with Crippen LogP contribution in [0.25, 0.3) is 10.2 Å². The Morgan fingerprint density at radius 1 is 1.22 bits per heavy atom. The van der Waals surface area contributed by atoms with Crippen molar-refractivity contribution in [1.82, 2.24) is 4.98 Å². The fraction of sp³-hybridized carbons (Fsp3) is 0.364. The molecule has 1 atom stereocenters. The molecule has 0 radical (unpaired) electrons. The van der Waals surface area contributed by atoms with E-state index in [4.69, 9.17) is 4.74 Å². The molecule has 0 aliphatic carbocycles. The van der Waals surface area contributed by atoms with Gasteiger partial charge >= 0.3 is 0 Å². The van der Waals surface area contributed by atoms with Gasteiger partial charge < -0.3 is 4.74 Å². The molecular weight excluding hydrogens is 458 g/mol. The molecule has 2 heterocycles. The molecule has 4 rings (SSSR count). The number of rotatable bonds is 8. The number of aromatic nitrogens is 1. The minimum Gasteiger partial charge on any atom is -0.376 e. The minimum absolute atomic E-state index is 0.0201. The van der Waals surface area contributed by atoms with Gasteiger partial charge in [-0.2, -0.15) is 0 Å². The monoisotopic (exact) mass is 480 g/mol. The van der Waals surface area contributed by atoms with Crippen LogP contribution in [0.5, 0.6) is 0 Å². The number of carbonyl (C=O) groups excluding carboxylic acids is 1. The van der Waals surface area contributed by atoms with Gasteiger partial charge in [-0.25, -0.2) is 22.2 Å². The van der Waals surface area contributed by atoms with Gasteiger partial charge in [0.05, 0.1) is 28.9 Å². The van der Waals surface area contributed by atoms with Gasteiger partial charge in [-0.1, -0.05) is 41.7 Å². The molecule has 0 bridgehead atoms. The molecule has 1 saturated heterocycles. The highest BCUT2D eigenvalue weighted by atomic mass is 32.2. The van der Waals surface area contributed by atoms with E-state index < -0.39 is 27.4 Å². The normalized spacial score (nSPS) is 16.5. The van der Waals surface area contributed by atoms with Crippen LogP contribution in [0, 0.1) is 11.6 Å². The van der Waals surface area contributed by atoms with Gasteiger partial charge in [0, 0.05) is 19.1 Å². The maximum absolute atomic E-state index is 14.1. The zero-order valence-corrected chi connectivity index (χ0v) is 18.8. The van der Waals surface area contributed by atoms with Crippen LogP contribution in [0.4, 0.5) is 13.9 Å². The molecule has 2 aromatic carbocycles. The molecule has 1 aliphatic heterocycles.